The Morgan fingerprint density at radius 1 is 1.33 bits per heavy atom. The molecule has 0 saturated heterocycles. The number of halogens is 2. The van der Waals surface area contributed by atoms with Crippen LogP contribution in [0.1, 0.15) is 19.4 Å². The lowest BCUT2D eigenvalue weighted by Crippen LogP contribution is -2.21. The maximum atomic E-state index is 13.6. The normalized spacial score (nSPS) is 11.2. The molecule has 0 radical (unpaired) electrons. The van der Waals surface area contributed by atoms with Gasteiger partial charge >= 0.3 is 0 Å². The maximum Gasteiger partial charge on any atom is 0.174 e. The Labute approximate surface area is 104 Å². The molecule has 1 aromatic carbocycles. The highest BCUT2D eigenvalue weighted by Crippen LogP contribution is 2.27. The first-order chi connectivity index (χ1) is 8.58. The van der Waals surface area contributed by atoms with E-state index < -0.39 is 11.6 Å². The first-order valence-electron chi connectivity index (χ1n) is 5.70. The number of nitrogens with one attached hydrogen (secondary N) is 1. The molecule has 0 aliphatic rings. The van der Waals surface area contributed by atoms with Crippen LogP contribution in [0.15, 0.2) is 28.9 Å². The van der Waals surface area contributed by atoms with Gasteiger partial charge in [-0.25, -0.2) is 8.78 Å². The Hall–Kier alpha value is -1.75. The minimum atomic E-state index is -0.529. The highest BCUT2D eigenvalue weighted by Gasteiger charge is 2.15. The van der Waals surface area contributed by atoms with Gasteiger partial charge < -0.3 is 9.84 Å². The lowest BCUT2D eigenvalue weighted by atomic mass is 10.1. The van der Waals surface area contributed by atoms with E-state index in [9.17, 15) is 8.78 Å². The maximum absolute atomic E-state index is 13.6. The second kappa shape index (κ2) is 5.27. The summed E-state index contributed by atoms with van der Waals surface area (Å²) < 4.78 is 31.8. The monoisotopic (exact) mass is 252 g/mol. The molecule has 1 aromatic heterocycles. The number of hydrogen-bond acceptors (Lipinski definition) is 3. The predicted molar refractivity (Wildman–Crippen MR) is 63.8 cm³/mol. The van der Waals surface area contributed by atoms with Crippen molar-refractivity contribution < 1.29 is 13.3 Å². The third-order valence-corrected chi connectivity index (χ3v) is 2.52. The van der Waals surface area contributed by atoms with E-state index in [1.165, 1.54) is 6.20 Å². The molecule has 2 aromatic rings. The minimum Gasteiger partial charge on any atom is -0.356 e. The molecule has 0 unspecified atom stereocenters. The highest BCUT2D eigenvalue weighted by molar-refractivity contribution is 5.61. The molecule has 0 bridgehead atoms. The van der Waals surface area contributed by atoms with Crippen molar-refractivity contribution in [1.82, 2.24) is 10.5 Å². The van der Waals surface area contributed by atoms with Crippen LogP contribution in [0.5, 0.6) is 0 Å². The molecule has 0 aliphatic heterocycles. The van der Waals surface area contributed by atoms with Crippen LogP contribution in [-0.2, 0) is 6.54 Å². The van der Waals surface area contributed by atoms with Gasteiger partial charge in [-0.15, -0.1) is 0 Å². The molecule has 0 fully saturated rings. The van der Waals surface area contributed by atoms with E-state index >= 15 is 0 Å². The molecule has 5 heteroatoms. The van der Waals surface area contributed by atoms with Crippen molar-refractivity contribution >= 4 is 0 Å². The van der Waals surface area contributed by atoms with Crippen LogP contribution in [0, 0.1) is 11.6 Å². The number of nitrogens with zero attached hydrogens (tertiary/aromatic N) is 1. The van der Waals surface area contributed by atoms with Crippen molar-refractivity contribution in [1.29, 1.82) is 0 Å². The third-order valence-electron chi connectivity index (χ3n) is 2.52. The van der Waals surface area contributed by atoms with Crippen molar-refractivity contribution in [2.24, 2.45) is 0 Å². The van der Waals surface area contributed by atoms with Gasteiger partial charge in [0.15, 0.2) is 5.76 Å². The predicted octanol–water partition coefficient (Wildman–Crippen LogP) is 3.12. The number of hydrogen-bond donors (Lipinski definition) is 1. The summed E-state index contributed by atoms with van der Waals surface area (Å²) in [4.78, 5) is 0. The van der Waals surface area contributed by atoms with Crippen LogP contribution in [0.25, 0.3) is 11.3 Å². The number of benzene rings is 1. The van der Waals surface area contributed by atoms with E-state index in [2.05, 4.69) is 10.5 Å². The highest BCUT2D eigenvalue weighted by atomic mass is 19.1. The first-order valence-corrected chi connectivity index (χ1v) is 5.70. The van der Waals surface area contributed by atoms with Crippen molar-refractivity contribution in [2.45, 2.75) is 26.4 Å². The van der Waals surface area contributed by atoms with Gasteiger partial charge in [0.25, 0.3) is 0 Å². The SMILES string of the molecule is CC(C)NCc1cnoc1-c1cc(F)ccc1F. The molecule has 0 saturated carbocycles. The van der Waals surface area contributed by atoms with E-state index in [-0.39, 0.29) is 17.4 Å². The van der Waals surface area contributed by atoms with Gasteiger partial charge in [-0.1, -0.05) is 19.0 Å². The van der Waals surface area contributed by atoms with Gasteiger partial charge in [-0.2, -0.15) is 0 Å². The average Bonchev–Trinajstić information content (AvgIpc) is 2.77. The smallest absolute Gasteiger partial charge is 0.174 e. The summed E-state index contributed by atoms with van der Waals surface area (Å²) in [6.07, 6.45) is 1.51. The van der Waals surface area contributed by atoms with Crippen LogP contribution in [0.3, 0.4) is 0 Å². The molecule has 2 rings (SSSR count). The van der Waals surface area contributed by atoms with E-state index in [1.54, 1.807) is 0 Å². The Morgan fingerprint density at radius 2 is 2.11 bits per heavy atom. The van der Waals surface area contributed by atoms with E-state index in [0.717, 1.165) is 18.2 Å². The molecule has 3 nitrogen and oxygen atoms in total. The molecule has 1 N–H and O–H groups in total. The largest absolute Gasteiger partial charge is 0.356 e. The topological polar surface area (TPSA) is 38.1 Å². The van der Waals surface area contributed by atoms with Crippen LogP contribution >= 0.6 is 0 Å². The molecule has 0 spiro atoms. The molecular weight excluding hydrogens is 238 g/mol. The van der Waals surface area contributed by atoms with Crippen LogP contribution in [-0.4, -0.2) is 11.2 Å². The van der Waals surface area contributed by atoms with Crippen LogP contribution < -0.4 is 5.32 Å². The van der Waals surface area contributed by atoms with E-state index in [0.29, 0.717) is 12.1 Å². The zero-order valence-corrected chi connectivity index (χ0v) is 10.2. The summed E-state index contributed by atoms with van der Waals surface area (Å²) in [7, 11) is 0. The summed E-state index contributed by atoms with van der Waals surface area (Å²) >= 11 is 0. The molecule has 0 aliphatic carbocycles. The van der Waals surface area contributed by atoms with Crippen molar-refractivity contribution in [3.63, 3.8) is 0 Å². The lowest BCUT2D eigenvalue weighted by molar-refractivity contribution is 0.428. The quantitative estimate of drug-likeness (QED) is 0.908. The molecular formula is C13H14F2N2O. The van der Waals surface area contributed by atoms with Crippen LogP contribution in [0.2, 0.25) is 0 Å². The Balaban J connectivity index is 2.33. The van der Waals surface area contributed by atoms with Gasteiger partial charge in [-0.05, 0) is 18.2 Å². The fourth-order valence-corrected chi connectivity index (χ4v) is 1.59. The Bertz CT molecular complexity index is 538. The lowest BCUT2D eigenvalue weighted by Gasteiger charge is -2.07. The van der Waals surface area contributed by atoms with Gasteiger partial charge in [0.2, 0.25) is 0 Å². The van der Waals surface area contributed by atoms with E-state index in [1.807, 2.05) is 13.8 Å². The molecule has 0 atom stereocenters. The molecule has 1 heterocycles. The second-order valence-corrected chi connectivity index (χ2v) is 4.34. The minimum absolute atomic E-state index is 0.0908. The van der Waals surface area contributed by atoms with Gasteiger partial charge in [-0.3, -0.25) is 0 Å². The fourth-order valence-electron chi connectivity index (χ4n) is 1.59. The average molecular weight is 252 g/mol. The summed E-state index contributed by atoms with van der Waals surface area (Å²) in [6, 6.07) is 3.54. The number of rotatable bonds is 4. The fraction of sp³-hybridized carbons (Fsp3) is 0.308. The van der Waals surface area contributed by atoms with Crippen LogP contribution in [0.4, 0.5) is 8.78 Å². The summed E-state index contributed by atoms with van der Waals surface area (Å²) in [5, 5.41) is 6.82. The summed E-state index contributed by atoms with van der Waals surface area (Å²) in [5.41, 5.74) is 0.793. The van der Waals surface area contributed by atoms with Gasteiger partial charge in [0.05, 0.1) is 11.8 Å². The first kappa shape index (κ1) is 12.7. The molecule has 18 heavy (non-hydrogen) atoms. The Kier molecular flexibility index (Phi) is 3.72. The van der Waals surface area contributed by atoms with Crippen molar-refractivity contribution in [2.75, 3.05) is 0 Å². The second-order valence-electron chi connectivity index (χ2n) is 4.34. The Morgan fingerprint density at radius 3 is 2.83 bits per heavy atom. The van der Waals surface area contributed by atoms with Crippen molar-refractivity contribution in [3.05, 3.63) is 41.6 Å². The summed E-state index contributed by atoms with van der Waals surface area (Å²) in [5.74, 6) is -0.773. The van der Waals surface area contributed by atoms with E-state index in [4.69, 9.17) is 4.52 Å². The number of aromatic nitrogens is 1. The zero-order valence-electron chi connectivity index (χ0n) is 10.2. The van der Waals surface area contributed by atoms with Gasteiger partial charge in [0, 0.05) is 18.2 Å². The molecule has 0 amide bonds. The van der Waals surface area contributed by atoms with Crippen molar-refractivity contribution in [3.8, 4) is 11.3 Å². The summed E-state index contributed by atoms with van der Waals surface area (Å²) in [6.45, 7) is 4.48. The third kappa shape index (κ3) is 2.73. The standard InChI is InChI=1S/C13H14F2N2O/c1-8(2)16-6-9-7-17-18-13(9)11-5-10(14)3-4-12(11)15/h3-5,7-8,16H,6H2,1-2H3. The zero-order chi connectivity index (χ0) is 13.1. The van der Waals surface area contributed by atoms with Gasteiger partial charge in [0.1, 0.15) is 11.6 Å². The molecule has 96 valence electrons.